The van der Waals surface area contributed by atoms with Gasteiger partial charge in [0.15, 0.2) is 11.5 Å². The van der Waals surface area contributed by atoms with Gasteiger partial charge in [0.2, 0.25) is 0 Å². The third-order valence-electron chi connectivity index (χ3n) is 3.64. The topological polar surface area (TPSA) is 103 Å². The molecule has 7 heteroatoms. The molecular formula is C20H15NO6. The number of allylic oxidation sites excluding steroid dienone is 1. The maximum atomic E-state index is 12.1. The molecule has 0 aliphatic carbocycles. The first-order valence-electron chi connectivity index (χ1n) is 7.99. The Hall–Kier alpha value is -3.87. The van der Waals surface area contributed by atoms with Gasteiger partial charge in [-0.1, -0.05) is 24.3 Å². The molecule has 0 bridgehead atoms. The summed E-state index contributed by atoms with van der Waals surface area (Å²) in [4.78, 5) is 22.5. The van der Waals surface area contributed by atoms with Crippen molar-refractivity contribution in [3.63, 3.8) is 0 Å². The number of rotatable bonds is 7. The summed E-state index contributed by atoms with van der Waals surface area (Å²) in [5.74, 6) is 0.777. The summed E-state index contributed by atoms with van der Waals surface area (Å²) in [7, 11) is 0. The number of nitro groups is 1. The SMILES string of the molecule is O=C(/C=C/c1ccc(COc2ccccc2[N+](=O)[O-])o1)c1cccc(O)c1. The summed E-state index contributed by atoms with van der Waals surface area (Å²) < 4.78 is 11.0. The number of carbonyl (C=O) groups excluding carboxylic acids is 1. The molecule has 3 rings (SSSR count). The van der Waals surface area contributed by atoms with Crippen LogP contribution in [0.15, 0.2) is 71.2 Å². The predicted octanol–water partition coefficient (Wildman–Crippen LogP) is 4.37. The molecule has 0 aliphatic heterocycles. The number of ether oxygens (including phenoxy) is 1. The van der Waals surface area contributed by atoms with Crippen molar-refractivity contribution < 1.29 is 24.0 Å². The standard InChI is InChI=1S/C20H15NO6/c22-15-5-3-4-14(12-15)19(23)11-10-16-8-9-17(27-16)13-26-20-7-2-1-6-18(20)21(24)25/h1-12,22H,13H2/b11-10+. The molecule has 0 radical (unpaired) electrons. The van der Waals surface area contributed by atoms with Crippen molar-refractivity contribution in [3.05, 3.63) is 93.9 Å². The van der Waals surface area contributed by atoms with E-state index in [0.29, 0.717) is 17.1 Å². The van der Waals surface area contributed by atoms with Crippen LogP contribution >= 0.6 is 0 Å². The Morgan fingerprint density at radius 1 is 1.15 bits per heavy atom. The van der Waals surface area contributed by atoms with Gasteiger partial charge in [-0.05, 0) is 42.5 Å². The molecule has 1 N–H and O–H groups in total. The maximum absolute atomic E-state index is 12.1. The van der Waals surface area contributed by atoms with E-state index in [1.807, 2.05) is 0 Å². The molecule has 0 saturated carbocycles. The van der Waals surface area contributed by atoms with Gasteiger partial charge in [-0.3, -0.25) is 14.9 Å². The van der Waals surface area contributed by atoms with Crippen LogP contribution in [0.1, 0.15) is 21.9 Å². The highest BCUT2D eigenvalue weighted by Gasteiger charge is 2.14. The third-order valence-corrected chi connectivity index (χ3v) is 3.64. The number of nitrogens with zero attached hydrogens (tertiary/aromatic N) is 1. The smallest absolute Gasteiger partial charge is 0.310 e. The molecule has 1 heterocycles. The first kappa shape index (κ1) is 17.9. The molecule has 0 spiro atoms. The van der Waals surface area contributed by atoms with Gasteiger partial charge in [0.05, 0.1) is 4.92 Å². The van der Waals surface area contributed by atoms with E-state index in [0.717, 1.165) is 0 Å². The molecule has 0 unspecified atom stereocenters. The van der Waals surface area contributed by atoms with E-state index in [1.54, 1.807) is 36.4 Å². The zero-order valence-electron chi connectivity index (χ0n) is 14.1. The lowest BCUT2D eigenvalue weighted by molar-refractivity contribution is -0.386. The zero-order chi connectivity index (χ0) is 19.2. The second-order valence-electron chi connectivity index (χ2n) is 5.57. The summed E-state index contributed by atoms with van der Waals surface area (Å²) in [5.41, 5.74) is 0.235. The molecular weight excluding hydrogens is 350 g/mol. The Balaban J connectivity index is 1.63. The zero-order valence-corrected chi connectivity index (χ0v) is 14.1. The van der Waals surface area contributed by atoms with E-state index in [9.17, 15) is 20.0 Å². The number of furan rings is 1. The Labute approximate surface area is 154 Å². The average molecular weight is 365 g/mol. The summed E-state index contributed by atoms with van der Waals surface area (Å²) in [6, 6.07) is 15.4. The molecule has 2 aromatic carbocycles. The van der Waals surface area contributed by atoms with Crippen molar-refractivity contribution in [1.82, 2.24) is 0 Å². The summed E-state index contributed by atoms with van der Waals surface area (Å²) >= 11 is 0. The number of hydrogen-bond donors (Lipinski definition) is 1. The van der Waals surface area contributed by atoms with Crippen LogP contribution in [-0.2, 0) is 6.61 Å². The van der Waals surface area contributed by atoms with Gasteiger partial charge < -0.3 is 14.3 Å². The molecule has 0 atom stereocenters. The highest BCUT2D eigenvalue weighted by molar-refractivity contribution is 6.06. The number of phenols is 1. The van der Waals surface area contributed by atoms with Crippen LogP contribution in [-0.4, -0.2) is 15.8 Å². The van der Waals surface area contributed by atoms with Crippen molar-refractivity contribution >= 4 is 17.5 Å². The van der Waals surface area contributed by atoms with Crippen LogP contribution in [0, 0.1) is 10.1 Å². The Bertz CT molecular complexity index is 1000. The number of benzene rings is 2. The van der Waals surface area contributed by atoms with Crippen LogP contribution in [0.3, 0.4) is 0 Å². The highest BCUT2D eigenvalue weighted by atomic mass is 16.6. The van der Waals surface area contributed by atoms with Crippen LogP contribution in [0.4, 0.5) is 5.69 Å². The predicted molar refractivity (Wildman–Crippen MR) is 97.6 cm³/mol. The van der Waals surface area contributed by atoms with E-state index in [2.05, 4.69) is 0 Å². The van der Waals surface area contributed by atoms with E-state index < -0.39 is 4.92 Å². The number of nitro benzene ring substituents is 1. The molecule has 0 fully saturated rings. The fraction of sp³-hybridized carbons (Fsp3) is 0.0500. The molecule has 0 amide bonds. The quantitative estimate of drug-likeness (QED) is 0.289. The number of phenolic OH excluding ortho intramolecular Hbond substituents is 1. The van der Waals surface area contributed by atoms with Crippen molar-refractivity contribution in [2.24, 2.45) is 0 Å². The van der Waals surface area contributed by atoms with Crippen molar-refractivity contribution in [1.29, 1.82) is 0 Å². The lowest BCUT2D eigenvalue weighted by atomic mass is 10.1. The summed E-state index contributed by atoms with van der Waals surface area (Å²) in [6.07, 6.45) is 2.83. The van der Waals surface area contributed by atoms with Crippen LogP contribution in [0.25, 0.3) is 6.08 Å². The fourth-order valence-electron chi connectivity index (χ4n) is 2.35. The molecule has 0 aliphatic rings. The Morgan fingerprint density at radius 2 is 1.96 bits per heavy atom. The maximum Gasteiger partial charge on any atom is 0.310 e. The number of ketones is 1. The molecule has 136 valence electrons. The molecule has 0 saturated heterocycles. The monoisotopic (exact) mass is 365 g/mol. The van der Waals surface area contributed by atoms with Crippen LogP contribution < -0.4 is 4.74 Å². The third kappa shape index (κ3) is 4.60. The minimum Gasteiger partial charge on any atom is -0.508 e. The van der Waals surface area contributed by atoms with E-state index in [-0.39, 0.29) is 29.6 Å². The van der Waals surface area contributed by atoms with Gasteiger partial charge in [0.25, 0.3) is 0 Å². The molecule has 27 heavy (non-hydrogen) atoms. The number of aromatic hydroxyl groups is 1. The van der Waals surface area contributed by atoms with Gasteiger partial charge in [0.1, 0.15) is 23.9 Å². The van der Waals surface area contributed by atoms with E-state index in [1.165, 1.54) is 36.4 Å². The molecule has 3 aromatic rings. The van der Waals surface area contributed by atoms with Crippen molar-refractivity contribution in [3.8, 4) is 11.5 Å². The largest absolute Gasteiger partial charge is 0.508 e. The van der Waals surface area contributed by atoms with Gasteiger partial charge in [-0.25, -0.2) is 0 Å². The normalized spacial score (nSPS) is 10.8. The Morgan fingerprint density at radius 3 is 2.74 bits per heavy atom. The summed E-state index contributed by atoms with van der Waals surface area (Å²) in [6.45, 7) is 0.0131. The van der Waals surface area contributed by atoms with Gasteiger partial charge in [0, 0.05) is 11.6 Å². The first-order chi connectivity index (χ1) is 13.0. The average Bonchev–Trinajstić information content (AvgIpc) is 3.12. The lowest BCUT2D eigenvalue weighted by Gasteiger charge is -2.04. The van der Waals surface area contributed by atoms with Crippen LogP contribution in [0.2, 0.25) is 0 Å². The number of carbonyl (C=O) groups is 1. The highest BCUT2D eigenvalue weighted by Crippen LogP contribution is 2.27. The number of para-hydroxylation sites is 2. The Kier molecular flexibility index (Phi) is 5.32. The van der Waals surface area contributed by atoms with Gasteiger partial charge in [-0.2, -0.15) is 0 Å². The van der Waals surface area contributed by atoms with E-state index in [4.69, 9.17) is 9.15 Å². The first-order valence-corrected chi connectivity index (χ1v) is 7.99. The van der Waals surface area contributed by atoms with E-state index >= 15 is 0 Å². The minimum atomic E-state index is -0.515. The second-order valence-corrected chi connectivity index (χ2v) is 5.57. The summed E-state index contributed by atoms with van der Waals surface area (Å²) in [5, 5.41) is 20.4. The van der Waals surface area contributed by atoms with Crippen molar-refractivity contribution in [2.75, 3.05) is 0 Å². The second kappa shape index (κ2) is 8.01. The minimum absolute atomic E-state index is 0.0131. The fourth-order valence-corrected chi connectivity index (χ4v) is 2.35. The van der Waals surface area contributed by atoms with Crippen LogP contribution in [0.5, 0.6) is 11.5 Å². The van der Waals surface area contributed by atoms with Gasteiger partial charge in [-0.15, -0.1) is 0 Å². The lowest BCUT2D eigenvalue weighted by Crippen LogP contribution is -1.97. The molecule has 7 nitrogen and oxygen atoms in total. The number of hydrogen-bond acceptors (Lipinski definition) is 6. The molecule has 1 aromatic heterocycles. The van der Waals surface area contributed by atoms with Crippen molar-refractivity contribution in [2.45, 2.75) is 6.61 Å². The van der Waals surface area contributed by atoms with Gasteiger partial charge >= 0.3 is 5.69 Å².